The molecule has 4 rings (SSSR count). The van der Waals surface area contributed by atoms with Gasteiger partial charge in [0.2, 0.25) is 0 Å². The fraction of sp³-hybridized carbons (Fsp3) is 0.0476. The van der Waals surface area contributed by atoms with E-state index in [0.29, 0.717) is 32.7 Å². The lowest BCUT2D eigenvalue weighted by molar-refractivity contribution is -0.384. The van der Waals surface area contributed by atoms with Crippen LogP contribution in [0.3, 0.4) is 0 Å². The summed E-state index contributed by atoms with van der Waals surface area (Å²) in [6.07, 6.45) is 1.47. The minimum Gasteiger partial charge on any atom is -0.457 e. The lowest BCUT2D eigenvalue weighted by Crippen LogP contribution is -2.27. The van der Waals surface area contributed by atoms with Gasteiger partial charge in [-0.1, -0.05) is 41.4 Å². The van der Waals surface area contributed by atoms with Crippen LogP contribution in [0.25, 0.3) is 17.4 Å². The van der Waals surface area contributed by atoms with Crippen LogP contribution in [0.5, 0.6) is 0 Å². The number of rotatable bonds is 5. The SMILES string of the molecule is O=C1S/C(=C\c2ccc(-c3cccc([N+](=O)[O-])c3)o2)C(=O)N1Cc1ccc(Cl)c(Cl)c1. The number of hydrogen-bond donors (Lipinski definition) is 0. The third-order valence-corrected chi connectivity index (χ3v) is 6.09. The molecule has 0 N–H and O–H groups in total. The van der Waals surface area contributed by atoms with Crippen LogP contribution in [0.4, 0.5) is 10.5 Å². The second kappa shape index (κ2) is 8.58. The van der Waals surface area contributed by atoms with Crippen molar-refractivity contribution in [3.63, 3.8) is 0 Å². The molecule has 3 aromatic rings. The van der Waals surface area contributed by atoms with E-state index in [0.717, 1.165) is 16.7 Å². The zero-order valence-corrected chi connectivity index (χ0v) is 17.9. The van der Waals surface area contributed by atoms with Gasteiger partial charge in [-0.05, 0) is 41.6 Å². The molecule has 1 aliphatic rings. The summed E-state index contributed by atoms with van der Waals surface area (Å²) in [6.45, 7) is 0.0655. The van der Waals surface area contributed by atoms with Gasteiger partial charge >= 0.3 is 0 Å². The maximum atomic E-state index is 12.7. The smallest absolute Gasteiger partial charge is 0.293 e. The molecule has 0 spiro atoms. The van der Waals surface area contributed by atoms with Crippen molar-refractivity contribution in [2.24, 2.45) is 0 Å². The number of benzene rings is 2. The highest BCUT2D eigenvalue weighted by Crippen LogP contribution is 2.35. The first-order valence-corrected chi connectivity index (χ1v) is 10.4. The van der Waals surface area contributed by atoms with Crippen molar-refractivity contribution in [2.75, 3.05) is 0 Å². The summed E-state index contributed by atoms with van der Waals surface area (Å²) in [7, 11) is 0. The van der Waals surface area contributed by atoms with Crippen molar-refractivity contribution in [2.45, 2.75) is 6.54 Å². The number of hydrogen-bond acceptors (Lipinski definition) is 6. The van der Waals surface area contributed by atoms with E-state index in [1.165, 1.54) is 18.2 Å². The zero-order chi connectivity index (χ0) is 22.1. The molecule has 0 atom stereocenters. The van der Waals surface area contributed by atoms with Gasteiger partial charge in [-0.2, -0.15) is 0 Å². The molecule has 0 radical (unpaired) electrons. The summed E-state index contributed by atoms with van der Waals surface area (Å²) in [5.74, 6) is 0.306. The van der Waals surface area contributed by atoms with E-state index in [-0.39, 0.29) is 17.1 Å². The number of carbonyl (C=O) groups excluding carboxylic acids is 2. The Bertz CT molecular complexity index is 1250. The van der Waals surface area contributed by atoms with Gasteiger partial charge in [0.25, 0.3) is 16.8 Å². The highest BCUT2D eigenvalue weighted by atomic mass is 35.5. The minimum absolute atomic E-state index is 0.0566. The van der Waals surface area contributed by atoms with Gasteiger partial charge in [0.05, 0.1) is 26.4 Å². The lowest BCUT2D eigenvalue weighted by atomic mass is 10.1. The number of halogens is 2. The van der Waals surface area contributed by atoms with Crippen LogP contribution in [0, 0.1) is 10.1 Å². The monoisotopic (exact) mass is 474 g/mol. The number of amides is 2. The molecule has 156 valence electrons. The Hall–Kier alpha value is -3.07. The van der Waals surface area contributed by atoms with Crippen LogP contribution in [0.1, 0.15) is 11.3 Å². The molecule has 0 unspecified atom stereocenters. The third kappa shape index (κ3) is 4.51. The molecule has 1 aromatic heterocycles. The van der Waals surface area contributed by atoms with Crippen LogP contribution in [-0.4, -0.2) is 21.0 Å². The van der Waals surface area contributed by atoms with Gasteiger partial charge in [0.15, 0.2) is 0 Å². The van der Waals surface area contributed by atoms with Crippen molar-refractivity contribution in [1.82, 2.24) is 4.90 Å². The molecule has 10 heteroatoms. The highest BCUT2D eigenvalue weighted by Gasteiger charge is 2.35. The Kier molecular flexibility index (Phi) is 5.86. The zero-order valence-electron chi connectivity index (χ0n) is 15.6. The molecule has 1 fully saturated rings. The number of imide groups is 1. The first-order chi connectivity index (χ1) is 14.8. The van der Waals surface area contributed by atoms with Gasteiger partial charge < -0.3 is 4.42 Å². The maximum absolute atomic E-state index is 12.7. The van der Waals surface area contributed by atoms with Gasteiger partial charge in [-0.3, -0.25) is 24.6 Å². The normalized spacial score (nSPS) is 15.2. The third-order valence-electron chi connectivity index (χ3n) is 4.44. The second-order valence-corrected chi connectivity index (χ2v) is 8.33. The first-order valence-electron chi connectivity index (χ1n) is 8.86. The number of nitro benzene ring substituents is 1. The summed E-state index contributed by atoms with van der Waals surface area (Å²) >= 11 is 12.7. The van der Waals surface area contributed by atoms with Crippen molar-refractivity contribution in [1.29, 1.82) is 0 Å². The van der Waals surface area contributed by atoms with E-state index < -0.39 is 16.1 Å². The molecule has 1 saturated heterocycles. The molecule has 0 aliphatic carbocycles. The van der Waals surface area contributed by atoms with E-state index >= 15 is 0 Å². The van der Waals surface area contributed by atoms with E-state index in [2.05, 4.69) is 0 Å². The Labute approximate surface area is 190 Å². The van der Waals surface area contributed by atoms with Crippen LogP contribution >= 0.6 is 35.0 Å². The Morgan fingerprint density at radius 3 is 2.61 bits per heavy atom. The highest BCUT2D eigenvalue weighted by molar-refractivity contribution is 8.18. The predicted octanol–water partition coefficient (Wildman–Crippen LogP) is 6.40. The Balaban J connectivity index is 1.54. The standard InChI is InChI=1S/C21H12Cl2N2O5S/c22-16-6-4-12(8-17(16)23)11-24-20(26)19(31-21(24)27)10-15-5-7-18(30-15)13-2-1-3-14(9-13)25(28)29/h1-10H,11H2/b19-10-. The molecule has 31 heavy (non-hydrogen) atoms. The largest absolute Gasteiger partial charge is 0.457 e. The molecule has 0 saturated carbocycles. The van der Waals surface area contributed by atoms with Crippen molar-refractivity contribution in [3.8, 4) is 11.3 Å². The van der Waals surface area contributed by atoms with Crippen molar-refractivity contribution in [3.05, 3.63) is 91.0 Å². The minimum atomic E-state index is -0.489. The molecule has 1 aliphatic heterocycles. The quantitative estimate of drug-likeness (QED) is 0.241. The summed E-state index contributed by atoms with van der Waals surface area (Å²) in [4.78, 5) is 36.9. The Morgan fingerprint density at radius 1 is 1.06 bits per heavy atom. The van der Waals surface area contributed by atoms with Crippen LogP contribution in [-0.2, 0) is 11.3 Å². The van der Waals surface area contributed by atoms with Gasteiger partial charge in [0.1, 0.15) is 11.5 Å². The van der Waals surface area contributed by atoms with E-state index in [1.807, 2.05) is 0 Å². The van der Waals surface area contributed by atoms with E-state index in [1.54, 1.807) is 42.5 Å². The average Bonchev–Trinajstić information content (AvgIpc) is 3.31. The predicted molar refractivity (Wildman–Crippen MR) is 119 cm³/mol. The summed E-state index contributed by atoms with van der Waals surface area (Å²) in [6, 6.07) is 14.2. The maximum Gasteiger partial charge on any atom is 0.293 e. The van der Waals surface area contributed by atoms with E-state index in [4.69, 9.17) is 27.6 Å². The van der Waals surface area contributed by atoms with Crippen LogP contribution in [0.15, 0.2) is 63.9 Å². The average molecular weight is 475 g/mol. The molecule has 2 aromatic carbocycles. The van der Waals surface area contributed by atoms with Crippen LogP contribution < -0.4 is 0 Å². The molecule has 0 bridgehead atoms. The topological polar surface area (TPSA) is 93.7 Å². The molecule has 2 amide bonds. The first kappa shape index (κ1) is 21.2. The van der Waals surface area contributed by atoms with Crippen molar-refractivity contribution < 1.29 is 18.9 Å². The summed E-state index contributed by atoms with van der Waals surface area (Å²) in [5, 5.41) is 11.3. The van der Waals surface area contributed by atoms with E-state index in [9.17, 15) is 19.7 Å². The number of non-ortho nitro benzene ring substituents is 1. The van der Waals surface area contributed by atoms with Crippen LogP contribution in [0.2, 0.25) is 10.0 Å². The van der Waals surface area contributed by atoms with Gasteiger partial charge in [-0.15, -0.1) is 0 Å². The lowest BCUT2D eigenvalue weighted by Gasteiger charge is -2.12. The Morgan fingerprint density at radius 2 is 1.87 bits per heavy atom. The number of nitrogens with zero attached hydrogens (tertiary/aromatic N) is 2. The summed E-state index contributed by atoms with van der Waals surface area (Å²) in [5.41, 5.74) is 1.14. The number of carbonyl (C=O) groups is 2. The molecule has 7 nitrogen and oxygen atoms in total. The number of nitro groups is 1. The second-order valence-electron chi connectivity index (χ2n) is 6.53. The molecular formula is C21H12Cl2N2O5S. The fourth-order valence-corrected chi connectivity index (χ4v) is 4.08. The molecule has 2 heterocycles. The van der Waals surface area contributed by atoms with Gasteiger partial charge in [0, 0.05) is 23.8 Å². The fourth-order valence-electron chi connectivity index (χ4n) is 2.94. The summed E-state index contributed by atoms with van der Waals surface area (Å²) < 4.78 is 5.71. The molecular weight excluding hydrogens is 463 g/mol. The number of thioether (sulfide) groups is 1. The number of furan rings is 1. The van der Waals surface area contributed by atoms with Crippen molar-refractivity contribution >= 4 is 57.9 Å². The van der Waals surface area contributed by atoms with Gasteiger partial charge in [-0.25, -0.2) is 0 Å².